The molecule has 5 heteroatoms. The summed E-state index contributed by atoms with van der Waals surface area (Å²) >= 11 is 12.6. The van der Waals surface area contributed by atoms with Crippen LogP contribution in [0, 0.1) is 0 Å². The fraction of sp³-hybridized carbons (Fsp3) is 0.278. The van der Waals surface area contributed by atoms with Gasteiger partial charge in [-0.25, -0.2) is 4.79 Å². The zero-order valence-electron chi connectivity index (χ0n) is 13.0. The molecule has 23 heavy (non-hydrogen) atoms. The van der Waals surface area contributed by atoms with Crippen LogP contribution in [0.25, 0.3) is 0 Å². The summed E-state index contributed by atoms with van der Waals surface area (Å²) in [6, 6.07) is 11.3. The molecule has 1 aliphatic rings. The number of benzene rings is 2. The first-order valence-electron chi connectivity index (χ1n) is 7.35. The van der Waals surface area contributed by atoms with Crippen LogP contribution in [0.15, 0.2) is 36.4 Å². The minimum absolute atomic E-state index is 0.0234. The third-order valence-electron chi connectivity index (χ3n) is 4.23. The molecule has 1 heterocycles. The van der Waals surface area contributed by atoms with Crippen molar-refractivity contribution < 1.29 is 9.53 Å². The highest BCUT2D eigenvalue weighted by atomic mass is 35.5. The molecule has 3 rings (SSSR count). The molecule has 3 nitrogen and oxygen atoms in total. The summed E-state index contributed by atoms with van der Waals surface area (Å²) in [7, 11) is 3.44. The Hall–Kier alpha value is -1.55. The van der Waals surface area contributed by atoms with Crippen molar-refractivity contribution in [2.24, 2.45) is 0 Å². The molecule has 0 saturated carbocycles. The van der Waals surface area contributed by atoms with Crippen LogP contribution >= 0.6 is 23.2 Å². The van der Waals surface area contributed by atoms with E-state index in [-0.39, 0.29) is 11.9 Å². The number of hydrogen-bond acceptors (Lipinski definition) is 3. The zero-order chi connectivity index (χ0) is 16.6. The summed E-state index contributed by atoms with van der Waals surface area (Å²) in [6.07, 6.45) is 0. The van der Waals surface area contributed by atoms with Crippen LogP contribution < -0.4 is 0 Å². The minimum atomic E-state index is -0.330. The molecule has 1 atom stereocenters. The van der Waals surface area contributed by atoms with Crippen molar-refractivity contribution in [1.82, 2.24) is 4.90 Å². The molecule has 0 spiro atoms. The molecular formula is C18H17Cl2NO2. The second-order valence-electron chi connectivity index (χ2n) is 5.78. The van der Waals surface area contributed by atoms with Gasteiger partial charge in [0.25, 0.3) is 0 Å². The number of hydrogen-bond donors (Lipinski definition) is 0. The summed E-state index contributed by atoms with van der Waals surface area (Å²) < 4.78 is 4.93. The van der Waals surface area contributed by atoms with Crippen LogP contribution in [0.3, 0.4) is 0 Å². The Bertz CT molecular complexity index is 761. The fourth-order valence-corrected chi connectivity index (χ4v) is 3.78. The van der Waals surface area contributed by atoms with Crippen LogP contribution in [0.5, 0.6) is 0 Å². The maximum absolute atomic E-state index is 12.1. The van der Waals surface area contributed by atoms with Crippen LogP contribution in [0.2, 0.25) is 10.0 Å². The standard InChI is InChI=1S/C18H17Cl2NO2/c1-21-9-15(12-5-3-4-6-13(12)18(22)23-2)14-7-11(19)8-17(20)16(14)10-21/h3-8,15H,9-10H2,1-2H3. The van der Waals surface area contributed by atoms with Gasteiger partial charge >= 0.3 is 5.97 Å². The summed E-state index contributed by atoms with van der Waals surface area (Å²) in [5, 5.41) is 1.28. The molecule has 0 fully saturated rings. The molecule has 0 bridgehead atoms. The van der Waals surface area contributed by atoms with Gasteiger partial charge in [-0.05, 0) is 41.9 Å². The third kappa shape index (κ3) is 3.09. The van der Waals surface area contributed by atoms with E-state index in [9.17, 15) is 4.79 Å². The lowest BCUT2D eigenvalue weighted by Gasteiger charge is -2.34. The van der Waals surface area contributed by atoms with Gasteiger partial charge in [0, 0.05) is 29.1 Å². The van der Waals surface area contributed by atoms with Gasteiger partial charge in [-0.2, -0.15) is 0 Å². The average molecular weight is 350 g/mol. The number of carbonyl (C=O) groups is 1. The zero-order valence-corrected chi connectivity index (χ0v) is 14.5. The summed E-state index contributed by atoms with van der Waals surface area (Å²) in [6.45, 7) is 1.56. The van der Waals surface area contributed by atoms with Gasteiger partial charge in [-0.1, -0.05) is 41.4 Å². The van der Waals surface area contributed by atoms with E-state index in [1.807, 2.05) is 31.3 Å². The molecule has 0 aliphatic carbocycles. The number of ether oxygens (including phenoxy) is 1. The van der Waals surface area contributed by atoms with Crippen molar-refractivity contribution in [3.63, 3.8) is 0 Å². The van der Waals surface area contributed by atoms with E-state index in [0.717, 1.165) is 29.8 Å². The van der Waals surface area contributed by atoms with Gasteiger partial charge in [0.2, 0.25) is 0 Å². The van der Waals surface area contributed by atoms with E-state index in [4.69, 9.17) is 27.9 Å². The Balaban J connectivity index is 2.18. The van der Waals surface area contributed by atoms with Gasteiger partial charge in [-0.15, -0.1) is 0 Å². The Labute approximate surface area is 145 Å². The number of esters is 1. The van der Waals surface area contributed by atoms with Gasteiger partial charge in [0.15, 0.2) is 0 Å². The van der Waals surface area contributed by atoms with Crippen molar-refractivity contribution in [2.75, 3.05) is 20.7 Å². The number of rotatable bonds is 2. The van der Waals surface area contributed by atoms with E-state index in [1.165, 1.54) is 7.11 Å². The topological polar surface area (TPSA) is 29.5 Å². The minimum Gasteiger partial charge on any atom is -0.465 e. The van der Waals surface area contributed by atoms with Crippen molar-refractivity contribution >= 4 is 29.2 Å². The second kappa shape index (κ2) is 6.52. The smallest absolute Gasteiger partial charge is 0.338 e. The van der Waals surface area contributed by atoms with Gasteiger partial charge < -0.3 is 9.64 Å². The lowest BCUT2D eigenvalue weighted by Crippen LogP contribution is -2.32. The van der Waals surface area contributed by atoms with Gasteiger partial charge in [-0.3, -0.25) is 0 Å². The highest BCUT2D eigenvalue weighted by Gasteiger charge is 2.29. The molecule has 120 valence electrons. The van der Waals surface area contributed by atoms with Crippen molar-refractivity contribution in [3.05, 3.63) is 68.7 Å². The normalized spacial score (nSPS) is 17.7. The molecule has 0 radical (unpaired) electrons. The van der Waals surface area contributed by atoms with Crippen molar-refractivity contribution in [3.8, 4) is 0 Å². The molecule has 0 N–H and O–H groups in total. The average Bonchev–Trinajstić information content (AvgIpc) is 2.54. The summed E-state index contributed by atoms with van der Waals surface area (Å²) in [5.41, 5.74) is 3.66. The number of methoxy groups -OCH3 is 1. The van der Waals surface area contributed by atoms with E-state index in [1.54, 1.807) is 12.1 Å². The van der Waals surface area contributed by atoms with Crippen LogP contribution in [-0.2, 0) is 11.3 Å². The largest absolute Gasteiger partial charge is 0.465 e. The van der Waals surface area contributed by atoms with Crippen LogP contribution in [0.1, 0.15) is 33.0 Å². The molecular weight excluding hydrogens is 333 g/mol. The summed E-state index contributed by atoms with van der Waals surface area (Å²) in [4.78, 5) is 14.3. The first kappa shape index (κ1) is 16.3. The fourth-order valence-electron chi connectivity index (χ4n) is 3.21. The Morgan fingerprint density at radius 2 is 1.96 bits per heavy atom. The van der Waals surface area contributed by atoms with Crippen LogP contribution in [-0.4, -0.2) is 31.6 Å². The van der Waals surface area contributed by atoms with Crippen LogP contribution in [0.4, 0.5) is 0 Å². The van der Waals surface area contributed by atoms with Crippen molar-refractivity contribution in [1.29, 1.82) is 0 Å². The predicted molar refractivity (Wildman–Crippen MR) is 92.4 cm³/mol. The number of fused-ring (bicyclic) bond motifs is 1. The molecule has 1 unspecified atom stereocenters. The van der Waals surface area contributed by atoms with E-state index in [0.29, 0.717) is 15.6 Å². The quantitative estimate of drug-likeness (QED) is 0.754. The number of nitrogens with zero attached hydrogens (tertiary/aromatic N) is 1. The SMILES string of the molecule is COC(=O)c1ccccc1C1CN(C)Cc2c(Cl)cc(Cl)cc21. The summed E-state index contributed by atoms with van der Waals surface area (Å²) in [5.74, 6) is -0.307. The predicted octanol–water partition coefficient (Wildman–Crippen LogP) is 4.36. The van der Waals surface area contributed by atoms with Gasteiger partial charge in [0.1, 0.15) is 0 Å². The Morgan fingerprint density at radius 3 is 2.70 bits per heavy atom. The monoisotopic (exact) mass is 349 g/mol. The number of likely N-dealkylation sites (N-methyl/N-ethyl adjacent to an activating group) is 1. The molecule has 0 saturated heterocycles. The third-order valence-corrected chi connectivity index (χ3v) is 4.79. The first-order chi connectivity index (χ1) is 11.0. The van der Waals surface area contributed by atoms with Gasteiger partial charge in [0.05, 0.1) is 12.7 Å². The maximum Gasteiger partial charge on any atom is 0.338 e. The maximum atomic E-state index is 12.1. The first-order valence-corrected chi connectivity index (χ1v) is 8.10. The Morgan fingerprint density at radius 1 is 1.22 bits per heavy atom. The van der Waals surface area contributed by atoms with E-state index >= 15 is 0 Å². The Kier molecular flexibility index (Phi) is 4.62. The molecule has 0 amide bonds. The van der Waals surface area contributed by atoms with E-state index < -0.39 is 0 Å². The number of halogens is 2. The lowest BCUT2D eigenvalue weighted by molar-refractivity contribution is 0.0598. The molecule has 2 aromatic rings. The molecule has 1 aliphatic heterocycles. The molecule has 2 aromatic carbocycles. The highest BCUT2D eigenvalue weighted by molar-refractivity contribution is 6.35. The highest BCUT2D eigenvalue weighted by Crippen LogP contribution is 2.39. The van der Waals surface area contributed by atoms with Crippen molar-refractivity contribution in [2.45, 2.75) is 12.5 Å². The molecule has 0 aromatic heterocycles. The second-order valence-corrected chi connectivity index (χ2v) is 6.63. The lowest BCUT2D eigenvalue weighted by atomic mass is 9.82. The number of carbonyl (C=O) groups excluding carboxylic acids is 1. The van der Waals surface area contributed by atoms with E-state index in [2.05, 4.69) is 4.90 Å².